The zero-order chi connectivity index (χ0) is 15.5. The lowest BCUT2D eigenvalue weighted by molar-refractivity contribution is -0.0885. The molecule has 0 amide bonds. The number of hydrogen-bond acceptors (Lipinski definition) is 4. The first-order valence-electron chi connectivity index (χ1n) is 7.44. The lowest BCUT2D eigenvalue weighted by Crippen LogP contribution is -2.39. The van der Waals surface area contributed by atoms with Crippen molar-refractivity contribution in [2.24, 2.45) is 5.92 Å². The molecule has 0 bridgehead atoms. The minimum absolute atomic E-state index is 0.107. The number of halogens is 1. The maximum atomic E-state index is 12.2. The van der Waals surface area contributed by atoms with Gasteiger partial charge in [-0.1, -0.05) is 13.3 Å². The second-order valence-electron chi connectivity index (χ2n) is 5.74. The first kappa shape index (κ1) is 16.9. The molecule has 1 N–H and O–H groups in total. The average molecular weight is 406 g/mol. The van der Waals surface area contributed by atoms with Gasteiger partial charge in [0.1, 0.15) is 15.0 Å². The Labute approximate surface area is 139 Å². The van der Waals surface area contributed by atoms with Crippen molar-refractivity contribution in [1.29, 1.82) is 0 Å². The van der Waals surface area contributed by atoms with Crippen molar-refractivity contribution in [3.05, 3.63) is 25.4 Å². The maximum Gasteiger partial charge on any atom is 0.264 e. The van der Waals surface area contributed by atoms with Crippen LogP contribution in [0.1, 0.15) is 51.0 Å². The van der Waals surface area contributed by atoms with E-state index in [1.807, 2.05) is 29.5 Å². The molecular formula is C15H23IN2O3. The molecule has 21 heavy (non-hydrogen) atoms. The second kappa shape index (κ2) is 7.19. The molecule has 2 atom stereocenters. The number of aromatic amines is 1. The van der Waals surface area contributed by atoms with Crippen molar-refractivity contribution in [3.63, 3.8) is 0 Å². The maximum absolute atomic E-state index is 12.2. The van der Waals surface area contributed by atoms with Gasteiger partial charge in [-0.3, -0.25) is 4.79 Å². The number of H-pyrrole nitrogens is 1. The van der Waals surface area contributed by atoms with Crippen LogP contribution in [-0.4, -0.2) is 23.7 Å². The molecule has 0 radical (unpaired) electrons. The number of nitrogens with zero attached hydrogens (tertiary/aromatic N) is 1. The summed E-state index contributed by atoms with van der Waals surface area (Å²) in [5.41, 5.74) is 0.123. The molecule has 1 aliphatic rings. The number of ether oxygens (including phenoxy) is 2. The van der Waals surface area contributed by atoms with Crippen LogP contribution in [0.3, 0.4) is 0 Å². The Morgan fingerprint density at radius 2 is 2.29 bits per heavy atom. The van der Waals surface area contributed by atoms with Gasteiger partial charge in [-0.05, 0) is 54.7 Å². The highest BCUT2D eigenvalue weighted by molar-refractivity contribution is 14.1. The summed E-state index contributed by atoms with van der Waals surface area (Å²) in [7, 11) is 1.61. The third-order valence-corrected chi connectivity index (χ3v) is 5.13. The predicted octanol–water partition coefficient (Wildman–Crippen LogP) is 2.96. The Bertz CT molecular complexity index is 542. The quantitative estimate of drug-likeness (QED) is 0.764. The van der Waals surface area contributed by atoms with E-state index in [2.05, 4.69) is 16.9 Å². The van der Waals surface area contributed by atoms with Crippen molar-refractivity contribution in [2.75, 3.05) is 13.7 Å². The Morgan fingerprint density at radius 1 is 1.52 bits per heavy atom. The van der Waals surface area contributed by atoms with Crippen LogP contribution in [0.2, 0.25) is 0 Å². The van der Waals surface area contributed by atoms with E-state index in [-0.39, 0.29) is 5.56 Å². The summed E-state index contributed by atoms with van der Waals surface area (Å²) in [6, 6.07) is 0. The molecule has 1 aromatic heterocycles. The van der Waals surface area contributed by atoms with E-state index in [1.54, 1.807) is 7.11 Å². The minimum atomic E-state index is -0.460. The zero-order valence-corrected chi connectivity index (χ0v) is 15.0. The van der Waals surface area contributed by atoms with Gasteiger partial charge >= 0.3 is 0 Å². The van der Waals surface area contributed by atoms with Gasteiger partial charge in [0.25, 0.3) is 5.56 Å². The van der Waals surface area contributed by atoms with Crippen LogP contribution in [-0.2, 0) is 21.7 Å². The summed E-state index contributed by atoms with van der Waals surface area (Å²) >= 11 is 2.02. The second-order valence-corrected chi connectivity index (χ2v) is 6.82. The lowest BCUT2D eigenvalue weighted by atomic mass is 9.78. The number of methoxy groups -OCH3 is 1. The Balaban J connectivity index is 2.47. The summed E-state index contributed by atoms with van der Waals surface area (Å²) in [5, 5.41) is 0. The number of hydrogen-bond donors (Lipinski definition) is 1. The summed E-state index contributed by atoms with van der Waals surface area (Å²) in [4.78, 5) is 19.8. The largest absolute Gasteiger partial charge is 0.378 e. The van der Waals surface area contributed by atoms with Crippen molar-refractivity contribution in [2.45, 2.75) is 51.7 Å². The van der Waals surface area contributed by atoms with Gasteiger partial charge in [0.05, 0.1) is 12.3 Å². The van der Waals surface area contributed by atoms with E-state index in [0.717, 1.165) is 19.3 Å². The van der Waals surface area contributed by atoms with Crippen LogP contribution in [0.15, 0.2) is 4.79 Å². The molecule has 0 aliphatic heterocycles. The molecule has 0 spiro atoms. The fourth-order valence-corrected chi connectivity index (χ4v) is 3.56. The van der Waals surface area contributed by atoms with Crippen LogP contribution in [0.4, 0.5) is 0 Å². The Kier molecular flexibility index (Phi) is 5.79. The fraction of sp³-hybridized carbons (Fsp3) is 0.733. The van der Waals surface area contributed by atoms with E-state index < -0.39 is 5.60 Å². The van der Waals surface area contributed by atoms with Crippen molar-refractivity contribution in [1.82, 2.24) is 9.97 Å². The van der Waals surface area contributed by atoms with Crippen LogP contribution in [0.25, 0.3) is 0 Å². The van der Waals surface area contributed by atoms with E-state index in [0.29, 0.717) is 34.2 Å². The number of rotatable bonds is 5. The molecule has 6 heteroatoms. The average Bonchev–Trinajstić information content (AvgIpc) is 2.44. The monoisotopic (exact) mass is 406 g/mol. The van der Waals surface area contributed by atoms with Gasteiger partial charge in [0.15, 0.2) is 0 Å². The number of nitrogens with one attached hydrogen (secondary N) is 1. The van der Waals surface area contributed by atoms with Gasteiger partial charge in [0.2, 0.25) is 0 Å². The van der Waals surface area contributed by atoms with Gasteiger partial charge < -0.3 is 14.5 Å². The Morgan fingerprint density at radius 3 is 2.90 bits per heavy atom. The van der Waals surface area contributed by atoms with Crippen LogP contribution in [0.5, 0.6) is 0 Å². The molecule has 1 aliphatic carbocycles. The zero-order valence-electron chi connectivity index (χ0n) is 12.9. The molecule has 2 rings (SSSR count). The summed E-state index contributed by atoms with van der Waals surface area (Å²) in [5.74, 6) is 1.23. The molecule has 0 saturated heterocycles. The molecule has 2 unspecified atom stereocenters. The van der Waals surface area contributed by atoms with Crippen LogP contribution >= 0.6 is 22.6 Å². The van der Waals surface area contributed by atoms with Crippen molar-refractivity contribution in [3.8, 4) is 0 Å². The van der Waals surface area contributed by atoms with Gasteiger partial charge in [-0.15, -0.1) is 0 Å². The van der Waals surface area contributed by atoms with Crippen LogP contribution < -0.4 is 5.56 Å². The third kappa shape index (κ3) is 3.65. The molecule has 1 heterocycles. The smallest absolute Gasteiger partial charge is 0.264 e. The molecule has 1 saturated carbocycles. The molecule has 1 fully saturated rings. The fourth-order valence-electron chi connectivity index (χ4n) is 3.15. The molecular weight excluding hydrogens is 383 g/mol. The van der Waals surface area contributed by atoms with Crippen molar-refractivity contribution < 1.29 is 9.47 Å². The van der Waals surface area contributed by atoms with Crippen LogP contribution in [0, 0.1) is 9.49 Å². The van der Waals surface area contributed by atoms with Crippen molar-refractivity contribution >= 4 is 22.6 Å². The van der Waals surface area contributed by atoms with E-state index in [4.69, 9.17) is 9.47 Å². The number of aromatic nitrogens is 2. The van der Waals surface area contributed by atoms with E-state index in [9.17, 15) is 4.79 Å². The van der Waals surface area contributed by atoms with Gasteiger partial charge in [0, 0.05) is 13.7 Å². The minimum Gasteiger partial charge on any atom is -0.378 e. The van der Waals surface area contributed by atoms with E-state index >= 15 is 0 Å². The molecule has 0 aromatic carbocycles. The van der Waals surface area contributed by atoms with Gasteiger partial charge in [-0.25, -0.2) is 4.98 Å². The van der Waals surface area contributed by atoms with E-state index in [1.165, 1.54) is 6.42 Å². The lowest BCUT2D eigenvalue weighted by Gasteiger charge is -2.38. The normalized spacial score (nSPS) is 26.0. The highest BCUT2D eigenvalue weighted by Crippen LogP contribution is 2.41. The highest BCUT2D eigenvalue weighted by atomic mass is 127. The standard InChI is InChI=1S/C15H23IN2O3/c1-4-21-15(7-5-6-10(2)8-15)14-17-11(9-20-3)12(16)13(19)18-14/h10H,4-9H2,1-3H3,(H,17,18,19). The van der Waals surface area contributed by atoms with Gasteiger partial charge in [-0.2, -0.15) is 0 Å². The summed E-state index contributed by atoms with van der Waals surface area (Å²) in [6.45, 7) is 5.17. The first-order valence-corrected chi connectivity index (χ1v) is 8.52. The predicted molar refractivity (Wildman–Crippen MR) is 89.2 cm³/mol. The summed E-state index contributed by atoms with van der Waals surface area (Å²) in [6.07, 6.45) is 4.10. The topological polar surface area (TPSA) is 64.2 Å². The molecule has 118 valence electrons. The third-order valence-electron chi connectivity index (χ3n) is 4.02. The Hall–Kier alpha value is -0.470. The highest BCUT2D eigenvalue weighted by Gasteiger charge is 2.40. The molecule has 1 aromatic rings. The molecule has 5 nitrogen and oxygen atoms in total. The first-order chi connectivity index (χ1) is 10.0. The summed E-state index contributed by atoms with van der Waals surface area (Å²) < 4.78 is 11.8. The SMILES string of the molecule is CCOC1(c2nc(COC)c(I)c(=O)[nH]2)CCCC(C)C1.